The molecule has 9 nitrogen and oxygen atoms in total. The molecule has 0 bridgehead atoms. The number of hydrogen-bond donors (Lipinski definition) is 2. The van der Waals surface area contributed by atoms with Gasteiger partial charge in [-0.05, 0) is 36.8 Å². The van der Waals surface area contributed by atoms with E-state index in [9.17, 15) is 9.59 Å². The second-order valence-electron chi connectivity index (χ2n) is 7.69. The van der Waals surface area contributed by atoms with Crippen molar-refractivity contribution in [3.8, 4) is 16.6 Å². The van der Waals surface area contributed by atoms with Crippen molar-refractivity contribution in [2.75, 3.05) is 19.0 Å². The Hall–Kier alpha value is -3.92. The number of primary amides is 1. The van der Waals surface area contributed by atoms with Crippen LogP contribution in [0.2, 0.25) is 0 Å². The number of fused-ring (bicyclic) bond motifs is 2. The Balaban J connectivity index is 1.57. The molecule has 1 aliphatic rings. The summed E-state index contributed by atoms with van der Waals surface area (Å²) in [5, 5.41) is 8.39. The number of nitrogens with one attached hydrogen (secondary N) is 1. The van der Waals surface area contributed by atoms with Crippen molar-refractivity contribution < 1.29 is 19.1 Å². The number of carbonyl (C=O) groups excluding carboxylic acids is 2. The van der Waals surface area contributed by atoms with Gasteiger partial charge in [-0.15, -0.1) is 0 Å². The third kappa shape index (κ3) is 3.78. The first-order chi connectivity index (χ1) is 15.9. The van der Waals surface area contributed by atoms with Gasteiger partial charge in [0.25, 0.3) is 5.91 Å². The van der Waals surface area contributed by atoms with Crippen LogP contribution in [0.25, 0.3) is 15.3 Å². The number of hydrogen-bond acceptors (Lipinski definition) is 7. The number of amides is 2. The van der Waals surface area contributed by atoms with E-state index < -0.39 is 5.91 Å². The Bertz CT molecular complexity index is 1360. The molecule has 5 rings (SSSR count). The number of nitrogens with zero attached hydrogens (tertiary/aromatic N) is 3. The number of nitrogens with two attached hydrogens (primary N) is 1. The molecule has 1 aliphatic heterocycles. The van der Waals surface area contributed by atoms with E-state index in [1.165, 1.54) is 18.4 Å². The lowest BCUT2D eigenvalue weighted by Crippen LogP contribution is -2.25. The summed E-state index contributed by atoms with van der Waals surface area (Å²) in [4.78, 5) is 28.5. The van der Waals surface area contributed by atoms with Crippen LogP contribution in [0.3, 0.4) is 0 Å². The number of thiazole rings is 1. The first-order valence-corrected chi connectivity index (χ1v) is 11.1. The fourth-order valence-electron chi connectivity index (χ4n) is 4.09. The van der Waals surface area contributed by atoms with Gasteiger partial charge in [0.15, 0.2) is 18.1 Å². The van der Waals surface area contributed by atoms with Gasteiger partial charge in [0.1, 0.15) is 5.82 Å². The first kappa shape index (κ1) is 21.0. The molecule has 10 heteroatoms. The van der Waals surface area contributed by atoms with E-state index in [1.807, 2.05) is 43.3 Å². The fraction of sp³-hybridized carbons (Fsp3) is 0.217. The van der Waals surface area contributed by atoms with Gasteiger partial charge in [-0.1, -0.05) is 29.5 Å². The SMILES string of the molecule is COc1cc([C@H]2CC(=O)Nc3c2c(C)nn3-c2nc3ccccc3s2)ccc1OCC(N)=O. The van der Waals surface area contributed by atoms with Gasteiger partial charge in [-0.3, -0.25) is 9.59 Å². The second-order valence-corrected chi connectivity index (χ2v) is 8.70. The van der Waals surface area contributed by atoms with Crippen molar-refractivity contribution in [1.29, 1.82) is 0 Å². The lowest BCUT2D eigenvalue weighted by molar-refractivity contribution is -0.120. The minimum atomic E-state index is -0.576. The van der Waals surface area contributed by atoms with Gasteiger partial charge in [0.2, 0.25) is 11.0 Å². The number of para-hydroxylation sites is 1. The lowest BCUT2D eigenvalue weighted by atomic mass is 9.85. The van der Waals surface area contributed by atoms with E-state index in [-0.39, 0.29) is 24.9 Å². The maximum Gasteiger partial charge on any atom is 0.255 e. The monoisotopic (exact) mass is 463 g/mol. The molecule has 2 amide bonds. The number of benzene rings is 2. The summed E-state index contributed by atoms with van der Waals surface area (Å²) in [6.45, 7) is 1.68. The van der Waals surface area contributed by atoms with Crippen LogP contribution in [0.4, 0.5) is 5.82 Å². The molecule has 3 N–H and O–H groups in total. The van der Waals surface area contributed by atoms with E-state index in [0.29, 0.717) is 22.4 Å². The van der Waals surface area contributed by atoms with Crippen molar-refractivity contribution in [2.45, 2.75) is 19.3 Å². The summed E-state index contributed by atoms with van der Waals surface area (Å²) in [5.74, 6) is 0.576. The molecule has 4 aromatic rings. The van der Waals surface area contributed by atoms with Gasteiger partial charge < -0.3 is 20.5 Å². The quantitative estimate of drug-likeness (QED) is 0.453. The minimum Gasteiger partial charge on any atom is -0.493 e. The van der Waals surface area contributed by atoms with Crippen LogP contribution in [0.1, 0.15) is 29.2 Å². The summed E-state index contributed by atoms with van der Waals surface area (Å²) in [7, 11) is 1.52. The summed E-state index contributed by atoms with van der Waals surface area (Å²) < 4.78 is 13.6. The van der Waals surface area contributed by atoms with Gasteiger partial charge in [0, 0.05) is 17.9 Å². The highest BCUT2D eigenvalue weighted by Gasteiger charge is 2.33. The van der Waals surface area contributed by atoms with E-state index in [0.717, 1.165) is 27.0 Å². The molecule has 0 radical (unpaired) electrons. The predicted molar refractivity (Wildman–Crippen MR) is 124 cm³/mol. The zero-order valence-corrected chi connectivity index (χ0v) is 18.8. The third-order valence-corrected chi connectivity index (χ3v) is 6.54. The number of carbonyl (C=O) groups is 2. The summed E-state index contributed by atoms with van der Waals surface area (Å²) in [5.41, 5.74) is 8.68. The molecule has 3 heterocycles. The van der Waals surface area contributed by atoms with E-state index in [4.69, 9.17) is 25.3 Å². The fourth-order valence-corrected chi connectivity index (χ4v) is 5.01. The topological polar surface area (TPSA) is 121 Å². The zero-order chi connectivity index (χ0) is 23.1. The third-order valence-electron chi connectivity index (χ3n) is 5.53. The summed E-state index contributed by atoms with van der Waals surface area (Å²) in [6.07, 6.45) is 0.268. The van der Waals surface area contributed by atoms with Gasteiger partial charge in [-0.25, -0.2) is 4.98 Å². The number of methoxy groups -OCH3 is 1. The highest BCUT2D eigenvalue weighted by Crippen LogP contribution is 2.43. The molecule has 0 aliphatic carbocycles. The number of aryl methyl sites for hydroxylation is 1. The Morgan fingerprint density at radius 1 is 1.27 bits per heavy atom. The molecule has 0 spiro atoms. The van der Waals surface area contributed by atoms with Crippen LogP contribution < -0.4 is 20.5 Å². The lowest BCUT2D eigenvalue weighted by Gasteiger charge is -2.24. The van der Waals surface area contributed by atoms with Crippen LogP contribution in [0.5, 0.6) is 11.5 Å². The van der Waals surface area contributed by atoms with E-state index in [2.05, 4.69) is 5.32 Å². The Morgan fingerprint density at radius 3 is 2.85 bits per heavy atom. The van der Waals surface area contributed by atoms with Crippen molar-refractivity contribution in [3.63, 3.8) is 0 Å². The molecule has 0 saturated heterocycles. The maximum atomic E-state index is 12.7. The van der Waals surface area contributed by atoms with Gasteiger partial charge in [-0.2, -0.15) is 9.78 Å². The molecule has 2 aromatic carbocycles. The molecular formula is C23H21N5O4S. The zero-order valence-electron chi connectivity index (χ0n) is 18.0. The minimum absolute atomic E-state index is 0.109. The molecule has 2 aromatic heterocycles. The highest BCUT2D eigenvalue weighted by atomic mass is 32.1. The largest absolute Gasteiger partial charge is 0.493 e. The molecule has 0 saturated carbocycles. The van der Waals surface area contributed by atoms with Gasteiger partial charge >= 0.3 is 0 Å². The van der Waals surface area contributed by atoms with Crippen molar-refractivity contribution in [1.82, 2.24) is 14.8 Å². The van der Waals surface area contributed by atoms with Gasteiger partial charge in [0.05, 0.1) is 23.0 Å². The molecule has 1 atom stereocenters. The van der Waals surface area contributed by atoms with Crippen LogP contribution in [0.15, 0.2) is 42.5 Å². The number of ether oxygens (including phenoxy) is 2. The molecule has 168 valence electrons. The maximum absolute atomic E-state index is 12.7. The molecule has 0 fully saturated rings. The normalized spacial score (nSPS) is 15.2. The smallest absolute Gasteiger partial charge is 0.255 e. The van der Waals surface area contributed by atoms with E-state index >= 15 is 0 Å². The van der Waals surface area contributed by atoms with Crippen molar-refractivity contribution >= 4 is 39.2 Å². The number of aromatic nitrogens is 3. The summed E-state index contributed by atoms with van der Waals surface area (Å²) in [6, 6.07) is 13.3. The Kier molecular flexibility index (Phi) is 5.21. The second kappa shape index (κ2) is 8.21. The Labute approximate surface area is 193 Å². The highest BCUT2D eigenvalue weighted by molar-refractivity contribution is 7.20. The standard InChI is InChI=1S/C23H21N5O4S/c1-12-21-14(13-7-8-16(17(9-13)31-2)32-11-19(24)29)10-20(30)26-22(21)28(27-12)23-25-15-5-3-4-6-18(15)33-23/h3-9,14H,10-11H2,1-2H3,(H2,24,29)(H,26,30)/t14-/m1/s1. The summed E-state index contributed by atoms with van der Waals surface area (Å²) >= 11 is 1.51. The molecular weight excluding hydrogens is 442 g/mol. The number of anilines is 1. The van der Waals surface area contributed by atoms with Crippen LogP contribution in [0, 0.1) is 6.92 Å². The predicted octanol–water partition coefficient (Wildman–Crippen LogP) is 3.14. The average Bonchev–Trinajstić information content (AvgIpc) is 3.38. The first-order valence-electron chi connectivity index (χ1n) is 10.3. The molecule has 33 heavy (non-hydrogen) atoms. The van der Waals surface area contributed by atoms with Crippen LogP contribution in [-0.4, -0.2) is 40.3 Å². The Morgan fingerprint density at radius 2 is 2.09 bits per heavy atom. The van der Waals surface area contributed by atoms with Crippen LogP contribution >= 0.6 is 11.3 Å². The molecule has 0 unspecified atom stereocenters. The van der Waals surface area contributed by atoms with Crippen molar-refractivity contribution in [2.24, 2.45) is 5.73 Å². The number of rotatable bonds is 6. The van der Waals surface area contributed by atoms with E-state index in [1.54, 1.807) is 10.7 Å². The van der Waals surface area contributed by atoms with Crippen molar-refractivity contribution in [3.05, 3.63) is 59.3 Å². The van der Waals surface area contributed by atoms with Crippen LogP contribution in [-0.2, 0) is 9.59 Å². The average molecular weight is 464 g/mol.